The number of hydrogen-bond donors (Lipinski definition) is 3. The van der Waals surface area contributed by atoms with Crippen LogP contribution in [0.15, 0.2) is 36.5 Å². The summed E-state index contributed by atoms with van der Waals surface area (Å²) in [6.45, 7) is 4.92. The van der Waals surface area contributed by atoms with Crippen LogP contribution < -0.4 is 0 Å². The number of aliphatic hydroxyl groups is 1. The summed E-state index contributed by atoms with van der Waals surface area (Å²) in [5, 5.41) is 10.6. The lowest BCUT2D eigenvalue weighted by Crippen LogP contribution is -2.30. The average Bonchev–Trinajstić information content (AvgIpc) is 1.05. The molecule has 98 heavy (non-hydrogen) atoms. The predicted molar refractivity (Wildman–Crippen MR) is 400 cm³/mol. The van der Waals surface area contributed by atoms with E-state index in [1.165, 1.54) is 161 Å². The van der Waals surface area contributed by atoms with E-state index < -0.39 is 97.5 Å². The van der Waals surface area contributed by atoms with Crippen molar-refractivity contribution < 1.29 is 80.2 Å². The van der Waals surface area contributed by atoms with Gasteiger partial charge in [0.2, 0.25) is 0 Å². The normalized spacial score (nSPS) is 14.1. The zero-order valence-corrected chi connectivity index (χ0v) is 64.8. The van der Waals surface area contributed by atoms with Crippen molar-refractivity contribution in [2.24, 2.45) is 0 Å². The lowest BCUT2D eigenvalue weighted by Gasteiger charge is -2.21. The number of ether oxygens (including phenoxy) is 4. The third kappa shape index (κ3) is 71.7. The standard InChI is InChI=1S/C79H148O17P2/c1-5-9-13-17-21-25-29-33-36-40-44-48-52-56-60-64-77(82)90-70-75(96-79(84)66-62-58-54-50-46-42-38-35-31-27-23-19-15-11-7-3)72-94-98(87,88)92-68-73(80)67-91-97(85,86)93-71-74(69-89-76(81)63-59-55-51-47-43-39-32-28-24-20-16-12-8-4)95-78(83)65-61-57-53-49-45-41-37-34-30-26-22-18-14-10-6-2/h26,30,33,35-36,38,73-75,80H,5-25,27-29,31-32,34,37,39-72H2,1-4H3,(H,85,86)(H,87,88)/b30-26-,36-33-,38-35-/t73-,74+,75+/m0/s1. The second kappa shape index (κ2) is 72.6. The Morgan fingerprint density at radius 1 is 0.276 bits per heavy atom. The molecule has 0 aromatic carbocycles. The number of phosphoric ester groups is 2. The molecule has 3 N–H and O–H groups in total. The Kier molecular flexibility index (Phi) is 70.6. The van der Waals surface area contributed by atoms with Crippen LogP contribution in [0.1, 0.15) is 387 Å². The Bertz CT molecular complexity index is 2000. The van der Waals surface area contributed by atoms with Gasteiger partial charge in [-0.15, -0.1) is 0 Å². The fourth-order valence-electron chi connectivity index (χ4n) is 11.4. The zero-order chi connectivity index (χ0) is 71.8. The Hall–Kier alpha value is -2.72. The van der Waals surface area contributed by atoms with E-state index in [9.17, 15) is 43.2 Å². The van der Waals surface area contributed by atoms with E-state index in [-0.39, 0.29) is 25.7 Å². The molecule has 0 saturated carbocycles. The van der Waals surface area contributed by atoms with Gasteiger partial charge in [-0.25, -0.2) is 9.13 Å². The summed E-state index contributed by atoms with van der Waals surface area (Å²) in [5.41, 5.74) is 0. The fourth-order valence-corrected chi connectivity index (χ4v) is 13.0. The highest BCUT2D eigenvalue weighted by molar-refractivity contribution is 7.47. The molecule has 0 aliphatic carbocycles. The number of esters is 4. The Morgan fingerprint density at radius 3 is 0.714 bits per heavy atom. The average molecular weight is 1430 g/mol. The molecular formula is C79H148O17P2. The number of allylic oxidation sites excluding steroid dienone is 6. The number of unbranched alkanes of at least 4 members (excludes halogenated alkanes) is 45. The summed E-state index contributed by atoms with van der Waals surface area (Å²) in [7, 11) is -9.93. The molecule has 0 aliphatic heterocycles. The van der Waals surface area contributed by atoms with Crippen molar-refractivity contribution in [3.8, 4) is 0 Å². The van der Waals surface area contributed by atoms with Crippen molar-refractivity contribution in [1.29, 1.82) is 0 Å². The van der Waals surface area contributed by atoms with E-state index in [0.717, 1.165) is 148 Å². The first-order valence-electron chi connectivity index (χ1n) is 40.2. The predicted octanol–water partition coefficient (Wildman–Crippen LogP) is 23.1. The number of phosphoric acid groups is 2. The molecule has 5 atom stereocenters. The van der Waals surface area contributed by atoms with Crippen LogP contribution in [0.25, 0.3) is 0 Å². The molecule has 0 aromatic rings. The van der Waals surface area contributed by atoms with E-state index in [2.05, 4.69) is 64.2 Å². The van der Waals surface area contributed by atoms with Gasteiger partial charge in [0.25, 0.3) is 0 Å². The molecular weight excluding hydrogens is 1280 g/mol. The summed E-state index contributed by atoms with van der Waals surface area (Å²) >= 11 is 0. The maximum atomic E-state index is 13.1. The minimum absolute atomic E-state index is 0.0899. The topological polar surface area (TPSA) is 237 Å². The quantitative estimate of drug-likeness (QED) is 0.0169. The van der Waals surface area contributed by atoms with Crippen LogP contribution in [0, 0.1) is 0 Å². The van der Waals surface area contributed by atoms with Gasteiger partial charge >= 0.3 is 39.5 Å². The third-order valence-electron chi connectivity index (χ3n) is 17.6. The Morgan fingerprint density at radius 2 is 0.469 bits per heavy atom. The van der Waals surface area contributed by atoms with Crippen molar-refractivity contribution in [3.05, 3.63) is 36.5 Å². The molecule has 0 spiro atoms. The van der Waals surface area contributed by atoms with Crippen molar-refractivity contribution in [2.45, 2.75) is 406 Å². The van der Waals surface area contributed by atoms with Crippen LogP contribution in [-0.2, 0) is 65.4 Å². The van der Waals surface area contributed by atoms with Crippen molar-refractivity contribution in [3.63, 3.8) is 0 Å². The van der Waals surface area contributed by atoms with Gasteiger partial charge in [0, 0.05) is 25.7 Å². The van der Waals surface area contributed by atoms with Gasteiger partial charge in [0.05, 0.1) is 26.4 Å². The number of carbonyl (C=O) groups excluding carboxylic acids is 4. The number of aliphatic hydroxyl groups excluding tert-OH is 1. The number of carbonyl (C=O) groups is 4. The lowest BCUT2D eigenvalue weighted by molar-refractivity contribution is -0.161. The molecule has 0 saturated heterocycles. The van der Waals surface area contributed by atoms with Gasteiger partial charge < -0.3 is 33.8 Å². The molecule has 0 aliphatic rings. The number of hydrogen-bond acceptors (Lipinski definition) is 15. The van der Waals surface area contributed by atoms with Crippen molar-refractivity contribution >= 4 is 39.5 Å². The van der Waals surface area contributed by atoms with Gasteiger partial charge in [-0.3, -0.25) is 37.3 Å². The first-order chi connectivity index (χ1) is 47.7. The minimum atomic E-state index is -4.97. The van der Waals surface area contributed by atoms with E-state index in [1.807, 2.05) is 0 Å². The van der Waals surface area contributed by atoms with Crippen molar-refractivity contribution in [1.82, 2.24) is 0 Å². The van der Waals surface area contributed by atoms with Crippen LogP contribution in [0.5, 0.6) is 0 Å². The fraction of sp³-hybridized carbons (Fsp3) is 0.873. The highest BCUT2D eigenvalue weighted by Crippen LogP contribution is 2.45. The molecule has 0 amide bonds. The molecule has 0 radical (unpaired) electrons. The lowest BCUT2D eigenvalue weighted by atomic mass is 10.0. The van der Waals surface area contributed by atoms with Crippen LogP contribution in [0.2, 0.25) is 0 Å². The van der Waals surface area contributed by atoms with Crippen LogP contribution >= 0.6 is 15.6 Å². The summed E-state index contributed by atoms with van der Waals surface area (Å²) in [5.74, 6) is -2.15. The van der Waals surface area contributed by atoms with Gasteiger partial charge in [-0.1, -0.05) is 295 Å². The molecule has 0 fully saturated rings. The molecule has 0 heterocycles. The highest BCUT2D eigenvalue weighted by Gasteiger charge is 2.30. The maximum Gasteiger partial charge on any atom is 0.472 e. The molecule has 0 rings (SSSR count). The Labute approximate surface area is 598 Å². The molecule has 576 valence electrons. The smallest absolute Gasteiger partial charge is 0.462 e. The van der Waals surface area contributed by atoms with Gasteiger partial charge in [-0.2, -0.15) is 0 Å². The Balaban J connectivity index is 5.32. The minimum Gasteiger partial charge on any atom is -0.462 e. The third-order valence-corrected chi connectivity index (χ3v) is 19.5. The van der Waals surface area contributed by atoms with Crippen LogP contribution in [0.3, 0.4) is 0 Å². The second-order valence-electron chi connectivity index (χ2n) is 27.4. The molecule has 0 aromatic heterocycles. The van der Waals surface area contributed by atoms with Crippen LogP contribution in [-0.4, -0.2) is 96.7 Å². The van der Waals surface area contributed by atoms with E-state index in [1.54, 1.807) is 0 Å². The second-order valence-corrected chi connectivity index (χ2v) is 30.3. The summed E-state index contributed by atoms with van der Waals surface area (Å²) in [6, 6.07) is 0. The number of rotatable bonds is 77. The zero-order valence-electron chi connectivity index (χ0n) is 63.0. The monoisotopic (exact) mass is 1430 g/mol. The van der Waals surface area contributed by atoms with E-state index >= 15 is 0 Å². The van der Waals surface area contributed by atoms with Gasteiger partial charge in [0.1, 0.15) is 19.3 Å². The van der Waals surface area contributed by atoms with E-state index in [0.29, 0.717) is 25.7 Å². The van der Waals surface area contributed by atoms with Crippen LogP contribution in [0.4, 0.5) is 0 Å². The molecule has 2 unspecified atom stereocenters. The summed E-state index contributed by atoms with van der Waals surface area (Å²) in [6.07, 6.45) is 68.3. The molecule has 19 heteroatoms. The van der Waals surface area contributed by atoms with Gasteiger partial charge in [-0.05, 0) is 103 Å². The SMILES string of the molecule is CCCCCC/C=C\CCCCCCCCCC(=O)O[C@H](COC(=O)CCCCCCCCCCCCCCC)COP(=O)(O)OC[C@H](O)COP(=O)(O)OC[C@@H](COC(=O)CCCCCCC/C=C\CCCCCCCC)OC(=O)CCCCCCC/C=C\CCCCCCCC. The largest absolute Gasteiger partial charge is 0.472 e. The van der Waals surface area contributed by atoms with E-state index in [4.69, 9.17) is 37.0 Å². The first-order valence-corrected chi connectivity index (χ1v) is 43.2. The first kappa shape index (κ1) is 95.3. The van der Waals surface area contributed by atoms with Crippen molar-refractivity contribution in [2.75, 3.05) is 39.6 Å². The molecule has 0 bridgehead atoms. The molecule has 17 nitrogen and oxygen atoms in total. The maximum absolute atomic E-state index is 13.1. The summed E-state index contributed by atoms with van der Waals surface area (Å²) in [4.78, 5) is 72.9. The highest BCUT2D eigenvalue weighted by atomic mass is 31.2. The van der Waals surface area contributed by atoms with Gasteiger partial charge in [0.15, 0.2) is 12.2 Å². The summed E-state index contributed by atoms with van der Waals surface area (Å²) < 4.78 is 68.6.